The van der Waals surface area contributed by atoms with E-state index in [1.54, 1.807) is 57.4 Å². The Hall–Kier alpha value is -3.68. The highest BCUT2D eigenvalue weighted by Crippen LogP contribution is 2.36. The number of benzene rings is 2. The molecule has 8 nitrogen and oxygen atoms in total. The second kappa shape index (κ2) is 8.77. The van der Waals surface area contributed by atoms with Crippen molar-refractivity contribution in [3.05, 3.63) is 59.2 Å². The quantitative estimate of drug-likeness (QED) is 0.630. The smallest absolute Gasteiger partial charge is 0.338 e. The molecule has 2 amide bonds. The second-order valence-corrected chi connectivity index (χ2v) is 6.93. The zero-order valence-corrected chi connectivity index (χ0v) is 17.2. The van der Waals surface area contributed by atoms with Crippen LogP contribution in [0.25, 0.3) is 5.70 Å². The van der Waals surface area contributed by atoms with E-state index in [-0.39, 0.29) is 23.2 Å². The van der Waals surface area contributed by atoms with Crippen LogP contribution in [-0.4, -0.2) is 37.4 Å². The molecule has 2 aromatic rings. The van der Waals surface area contributed by atoms with Gasteiger partial charge < -0.3 is 30.0 Å². The van der Waals surface area contributed by atoms with Gasteiger partial charge in [0.1, 0.15) is 5.75 Å². The summed E-state index contributed by atoms with van der Waals surface area (Å²) in [7, 11) is 2.99. The van der Waals surface area contributed by atoms with Crippen molar-refractivity contribution in [2.45, 2.75) is 26.0 Å². The maximum atomic E-state index is 13.0. The summed E-state index contributed by atoms with van der Waals surface area (Å²) < 4.78 is 15.7. The SMILES string of the molecule is COc1ccc(C2=C(C(=O)OC(C)C)C(c3ccc(OC)c(O)c3)NC(=O)N2)cc1. The highest BCUT2D eigenvalue weighted by molar-refractivity contribution is 6.04. The molecule has 8 heteroatoms. The molecule has 2 aromatic carbocycles. The number of amides is 2. The molecule has 30 heavy (non-hydrogen) atoms. The van der Waals surface area contributed by atoms with Crippen molar-refractivity contribution in [1.29, 1.82) is 0 Å². The van der Waals surface area contributed by atoms with Crippen LogP contribution in [0.5, 0.6) is 17.2 Å². The van der Waals surface area contributed by atoms with Crippen molar-refractivity contribution < 1.29 is 28.9 Å². The lowest BCUT2D eigenvalue weighted by molar-refractivity contribution is -0.143. The van der Waals surface area contributed by atoms with Crippen LogP contribution in [0.2, 0.25) is 0 Å². The lowest BCUT2D eigenvalue weighted by Crippen LogP contribution is -2.45. The van der Waals surface area contributed by atoms with E-state index in [0.717, 1.165) is 0 Å². The number of methoxy groups -OCH3 is 2. The number of nitrogens with one attached hydrogen (secondary N) is 2. The zero-order valence-electron chi connectivity index (χ0n) is 17.2. The first-order valence-electron chi connectivity index (χ1n) is 9.38. The van der Waals surface area contributed by atoms with Crippen LogP contribution in [0.3, 0.4) is 0 Å². The van der Waals surface area contributed by atoms with Crippen LogP contribution in [0.1, 0.15) is 31.0 Å². The summed E-state index contributed by atoms with van der Waals surface area (Å²) in [6.45, 7) is 3.49. The Morgan fingerprint density at radius 2 is 1.77 bits per heavy atom. The number of ether oxygens (including phenoxy) is 3. The third-order valence-corrected chi connectivity index (χ3v) is 4.55. The van der Waals surface area contributed by atoms with Crippen LogP contribution >= 0.6 is 0 Å². The highest BCUT2D eigenvalue weighted by atomic mass is 16.5. The van der Waals surface area contributed by atoms with Gasteiger partial charge in [-0.3, -0.25) is 0 Å². The first-order chi connectivity index (χ1) is 14.3. The molecule has 3 N–H and O–H groups in total. The van der Waals surface area contributed by atoms with E-state index in [4.69, 9.17) is 14.2 Å². The second-order valence-electron chi connectivity index (χ2n) is 6.93. The number of aromatic hydroxyl groups is 1. The van der Waals surface area contributed by atoms with Gasteiger partial charge in [-0.05, 0) is 61.4 Å². The largest absolute Gasteiger partial charge is 0.504 e. The molecule has 1 aliphatic heterocycles. The number of carbonyl (C=O) groups is 2. The van der Waals surface area contributed by atoms with E-state index < -0.39 is 18.0 Å². The Labute approximate surface area is 174 Å². The highest BCUT2D eigenvalue weighted by Gasteiger charge is 2.35. The lowest BCUT2D eigenvalue weighted by Gasteiger charge is -2.30. The molecule has 3 rings (SSSR count). The Bertz CT molecular complexity index is 982. The molecular formula is C22H24N2O6. The Balaban J connectivity index is 2.16. The maximum absolute atomic E-state index is 13.0. The van der Waals surface area contributed by atoms with Crippen molar-refractivity contribution in [1.82, 2.24) is 10.6 Å². The van der Waals surface area contributed by atoms with Crippen LogP contribution in [0.4, 0.5) is 4.79 Å². The summed E-state index contributed by atoms with van der Waals surface area (Å²) in [4.78, 5) is 25.5. The number of hydrogen-bond donors (Lipinski definition) is 3. The van der Waals surface area contributed by atoms with Crippen LogP contribution in [-0.2, 0) is 9.53 Å². The van der Waals surface area contributed by atoms with Gasteiger partial charge in [0.25, 0.3) is 0 Å². The third-order valence-electron chi connectivity index (χ3n) is 4.55. The summed E-state index contributed by atoms with van der Waals surface area (Å²) in [6.07, 6.45) is -0.357. The molecule has 1 heterocycles. The van der Waals surface area contributed by atoms with Crippen molar-refractivity contribution >= 4 is 17.7 Å². The summed E-state index contributed by atoms with van der Waals surface area (Å²) >= 11 is 0. The number of phenolic OH excluding ortho intramolecular Hbond substituents is 1. The van der Waals surface area contributed by atoms with Crippen LogP contribution < -0.4 is 20.1 Å². The minimum atomic E-state index is -0.834. The van der Waals surface area contributed by atoms with Gasteiger partial charge in [-0.25, -0.2) is 9.59 Å². The van der Waals surface area contributed by atoms with E-state index >= 15 is 0 Å². The Kier molecular flexibility index (Phi) is 6.15. The minimum absolute atomic E-state index is 0.106. The molecule has 0 aromatic heterocycles. The molecule has 0 aliphatic carbocycles. The molecule has 1 aliphatic rings. The first-order valence-corrected chi connectivity index (χ1v) is 9.38. The number of hydrogen-bond acceptors (Lipinski definition) is 6. The van der Waals surface area contributed by atoms with Gasteiger partial charge in [0.15, 0.2) is 11.5 Å². The lowest BCUT2D eigenvalue weighted by atomic mass is 9.92. The number of phenols is 1. The molecule has 158 valence electrons. The predicted molar refractivity (Wildman–Crippen MR) is 110 cm³/mol. The van der Waals surface area contributed by atoms with Crippen molar-refractivity contribution in [3.63, 3.8) is 0 Å². The molecule has 0 bridgehead atoms. The summed E-state index contributed by atoms with van der Waals surface area (Å²) in [5, 5.41) is 15.6. The number of esters is 1. The molecular weight excluding hydrogens is 388 g/mol. The van der Waals surface area contributed by atoms with E-state index in [2.05, 4.69) is 10.6 Å². The van der Waals surface area contributed by atoms with Gasteiger partial charge in [0.2, 0.25) is 0 Å². The summed E-state index contributed by atoms with van der Waals surface area (Å²) in [5.41, 5.74) is 1.67. The molecule has 0 spiro atoms. The molecule has 1 unspecified atom stereocenters. The normalized spacial score (nSPS) is 16.0. The van der Waals surface area contributed by atoms with Gasteiger partial charge >= 0.3 is 12.0 Å². The molecule has 0 saturated carbocycles. The van der Waals surface area contributed by atoms with Crippen molar-refractivity contribution in [2.24, 2.45) is 0 Å². The predicted octanol–water partition coefficient (Wildman–Crippen LogP) is 3.13. The zero-order chi connectivity index (χ0) is 21.8. The number of urea groups is 1. The fourth-order valence-electron chi connectivity index (χ4n) is 3.18. The summed E-state index contributed by atoms with van der Waals surface area (Å²) in [6, 6.07) is 10.3. The number of carbonyl (C=O) groups excluding carboxylic acids is 2. The average Bonchev–Trinajstić information content (AvgIpc) is 2.72. The molecule has 0 saturated heterocycles. The Morgan fingerprint density at radius 3 is 2.33 bits per heavy atom. The fourth-order valence-corrected chi connectivity index (χ4v) is 3.18. The standard InChI is InChI=1S/C22H24N2O6/c1-12(2)30-21(26)18-19(13-5-8-15(28-3)9-6-13)23-22(27)24-20(18)14-7-10-17(29-4)16(25)11-14/h5-12,20,25H,1-4H3,(H2,23,24,27). The van der Waals surface area contributed by atoms with Gasteiger partial charge in [0, 0.05) is 0 Å². The summed E-state index contributed by atoms with van der Waals surface area (Å²) in [5.74, 6) is 0.237. The first kappa shape index (κ1) is 21.0. The molecule has 0 radical (unpaired) electrons. The molecule has 0 fully saturated rings. The van der Waals surface area contributed by atoms with Gasteiger partial charge in [0.05, 0.1) is 37.6 Å². The van der Waals surface area contributed by atoms with E-state index in [1.807, 2.05) is 0 Å². The minimum Gasteiger partial charge on any atom is -0.504 e. The van der Waals surface area contributed by atoms with E-state index in [0.29, 0.717) is 22.6 Å². The van der Waals surface area contributed by atoms with Crippen LogP contribution in [0, 0.1) is 0 Å². The average molecular weight is 412 g/mol. The van der Waals surface area contributed by atoms with Crippen LogP contribution in [0.15, 0.2) is 48.0 Å². The molecule has 1 atom stereocenters. The van der Waals surface area contributed by atoms with Crippen molar-refractivity contribution in [2.75, 3.05) is 14.2 Å². The fraction of sp³-hybridized carbons (Fsp3) is 0.273. The topological polar surface area (TPSA) is 106 Å². The Morgan fingerprint density at radius 1 is 1.07 bits per heavy atom. The van der Waals surface area contributed by atoms with Gasteiger partial charge in [-0.15, -0.1) is 0 Å². The maximum Gasteiger partial charge on any atom is 0.338 e. The van der Waals surface area contributed by atoms with Crippen molar-refractivity contribution in [3.8, 4) is 17.2 Å². The number of rotatable bonds is 6. The van der Waals surface area contributed by atoms with E-state index in [1.165, 1.54) is 13.2 Å². The van der Waals surface area contributed by atoms with Gasteiger partial charge in [-0.1, -0.05) is 6.07 Å². The van der Waals surface area contributed by atoms with E-state index in [9.17, 15) is 14.7 Å². The monoisotopic (exact) mass is 412 g/mol. The third kappa shape index (κ3) is 4.32. The van der Waals surface area contributed by atoms with Gasteiger partial charge in [-0.2, -0.15) is 0 Å².